The lowest BCUT2D eigenvalue weighted by Gasteiger charge is -2.32. The Morgan fingerprint density at radius 1 is 1.08 bits per heavy atom. The first-order valence-electron chi connectivity index (χ1n) is 8.09. The van der Waals surface area contributed by atoms with E-state index in [-0.39, 0.29) is 29.2 Å². The zero-order valence-corrected chi connectivity index (χ0v) is 13.6. The van der Waals surface area contributed by atoms with Crippen molar-refractivity contribution in [3.8, 4) is 0 Å². The molecule has 0 saturated carbocycles. The second-order valence-corrected chi connectivity index (χ2v) is 5.84. The van der Waals surface area contributed by atoms with Gasteiger partial charge in [-0.3, -0.25) is 9.59 Å². The van der Waals surface area contributed by atoms with Crippen molar-refractivity contribution < 1.29 is 9.59 Å². The van der Waals surface area contributed by atoms with Crippen molar-refractivity contribution in [2.45, 2.75) is 18.9 Å². The number of carbonyl (C=O) groups excluding carboxylic acids is 2. The molecule has 8 nitrogen and oxygen atoms in total. The van der Waals surface area contributed by atoms with E-state index in [4.69, 9.17) is 0 Å². The Labute approximate surface area is 144 Å². The second kappa shape index (κ2) is 7.61. The Morgan fingerprint density at radius 3 is 2.44 bits per heavy atom. The van der Waals surface area contributed by atoms with Crippen molar-refractivity contribution in [2.75, 3.05) is 18.4 Å². The Kier molecular flexibility index (Phi) is 5.08. The predicted octanol–water partition coefficient (Wildman–Crippen LogP) is 1.20. The summed E-state index contributed by atoms with van der Waals surface area (Å²) in [7, 11) is 0. The first-order valence-corrected chi connectivity index (χ1v) is 8.09. The fourth-order valence-corrected chi connectivity index (χ4v) is 2.68. The zero-order valence-electron chi connectivity index (χ0n) is 13.6. The fraction of sp³-hybridized carbons (Fsp3) is 0.294. The van der Waals surface area contributed by atoms with Gasteiger partial charge in [-0.25, -0.2) is 9.89 Å². The summed E-state index contributed by atoms with van der Waals surface area (Å²) in [5.74, 6) is -0.330. The summed E-state index contributed by atoms with van der Waals surface area (Å²) < 4.78 is 0. The lowest BCUT2D eigenvalue weighted by atomic mass is 10.1. The highest BCUT2D eigenvalue weighted by Crippen LogP contribution is 2.13. The predicted molar refractivity (Wildman–Crippen MR) is 92.4 cm³/mol. The molecule has 3 N–H and O–H groups in total. The van der Waals surface area contributed by atoms with Crippen LogP contribution in [0.4, 0.5) is 10.5 Å². The van der Waals surface area contributed by atoms with E-state index in [1.54, 1.807) is 4.90 Å². The van der Waals surface area contributed by atoms with Gasteiger partial charge >= 0.3 is 6.03 Å². The molecular weight excluding hydrogens is 322 g/mol. The van der Waals surface area contributed by atoms with Gasteiger partial charge in [-0.2, -0.15) is 5.10 Å². The molecule has 0 spiro atoms. The van der Waals surface area contributed by atoms with Gasteiger partial charge in [0, 0.05) is 30.9 Å². The number of carbonyl (C=O) groups is 2. The minimum absolute atomic E-state index is 0.0259. The highest BCUT2D eigenvalue weighted by molar-refractivity contribution is 5.92. The number of hydrogen-bond acceptors (Lipinski definition) is 4. The fourth-order valence-electron chi connectivity index (χ4n) is 2.68. The molecule has 3 amide bonds. The molecule has 1 aliphatic rings. The molecule has 0 radical (unpaired) electrons. The van der Waals surface area contributed by atoms with Gasteiger partial charge in [-0.05, 0) is 31.0 Å². The lowest BCUT2D eigenvalue weighted by Crippen LogP contribution is -2.47. The average molecular weight is 341 g/mol. The van der Waals surface area contributed by atoms with Crippen LogP contribution in [0.2, 0.25) is 0 Å². The highest BCUT2D eigenvalue weighted by atomic mass is 16.2. The van der Waals surface area contributed by atoms with Crippen molar-refractivity contribution in [1.29, 1.82) is 0 Å². The van der Waals surface area contributed by atoms with E-state index in [1.807, 2.05) is 30.3 Å². The molecule has 1 fully saturated rings. The molecule has 1 aromatic carbocycles. The summed E-state index contributed by atoms with van der Waals surface area (Å²) >= 11 is 0. The molecule has 0 atom stereocenters. The van der Waals surface area contributed by atoms with Gasteiger partial charge in [-0.15, -0.1) is 0 Å². The third-order valence-corrected chi connectivity index (χ3v) is 4.05. The number of rotatable bonds is 3. The number of para-hydroxylation sites is 1. The standard InChI is InChI=1S/C17H19N5O3/c23-15-7-6-14(20-21-15)16(24)18-13-8-10-22(11-9-13)17(25)19-12-4-2-1-3-5-12/h1-7,13H,8-11H2,(H,18,24)(H,19,25)(H,21,23). The number of H-pyrrole nitrogens is 1. The Morgan fingerprint density at radius 2 is 1.80 bits per heavy atom. The number of piperidine rings is 1. The molecular formula is C17H19N5O3. The van der Waals surface area contributed by atoms with E-state index >= 15 is 0 Å². The van der Waals surface area contributed by atoms with Crippen LogP contribution in [0, 0.1) is 0 Å². The molecule has 25 heavy (non-hydrogen) atoms. The van der Waals surface area contributed by atoms with Gasteiger partial charge in [0.2, 0.25) is 0 Å². The van der Waals surface area contributed by atoms with Crippen LogP contribution in [-0.2, 0) is 0 Å². The van der Waals surface area contributed by atoms with Crippen LogP contribution < -0.4 is 16.2 Å². The molecule has 0 aliphatic carbocycles. The third-order valence-electron chi connectivity index (χ3n) is 4.05. The van der Waals surface area contributed by atoms with E-state index in [9.17, 15) is 14.4 Å². The van der Waals surface area contributed by atoms with Gasteiger partial charge in [-0.1, -0.05) is 18.2 Å². The number of benzene rings is 1. The van der Waals surface area contributed by atoms with Crippen molar-refractivity contribution >= 4 is 17.6 Å². The number of aromatic nitrogens is 2. The van der Waals surface area contributed by atoms with E-state index < -0.39 is 0 Å². The first kappa shape index (κ1) is 16.7. The van der Waals surface area contributed by atoms with Crippen LogP contribution in [0.3, 0.4) is 0 Å². The van der Waals surface area contributed by atoms with Gasteiger partial charge in [0.1, 0.15) is 5.69 Å². The van der Waals surface area contributed by atoms with E-state index in [0.717, 1.165) is 5.69 Å². The summed E-state index contributed by atoms with van der Waals surface area (Å²) in [4.78, 5) is 37.0. The van der Waals surface area contributed by atoms with Crippen LogP contribution in [-0.4, -0.2) is 46.2 Å². The van der Waals surface area contributed by atoms with Crippen LogP contribution in [0.5, 0.6) is 0 Å². The normalized spacial score (nSPS) is 14.8. The van der Waals surface area contributed by atoms with E-state index in [2.05, 4.69) is 20.8 Å². The maximum absolute atomic E-state index is 12.2. The molecule has 1 aromatic heterocycles. The maximum atomic E-state index is 12.2. The number of nitrogens with zero attached hydrogens (tertiary/aromatic N) is 2. The molecule has 2 aromatic rings. The molecule has 3 rings (SSSR count). The molecule has 8 heteroatoms. The average Bonchev–Trinajstić information content (AvgIpc) is 2.63. The summed E-state index contributed by atoms with van der Waals surface area (Å²) in [6.45, 7) is 1.12. The minimum atomic E-state index is -0.353. The lowest BCUT2D eigenvalue weighted by molar-refractivity contribution is 0.0913. The van der Waals surface area contributed by atoms with E-state index in [1.165, 1.54) is 12.1 Å². The largest absolute Gasteiger partial charge is 0.348 e. The second-order valence-electron chi connectivity index (χ2n) is 5.84. The number of urea groups is 1. The Balaban J connectivity index is 1.48. The molecule has 2 heterocycles. The van der Waals surface area contributed by atoms with Crippen molar-refractivity contribution in [3.05, 3.63) is 58.5 Å². The van der Waals surface area contributed by atoms with Crippen LogP contribution >= 0.6 is 0 Å². The van der Waals surface area contributed by atoms with Crippen LogP contribution in [0.15, 0.2) is 47.3 Å². The Hall–Kier alpha value is -3.16. The summed E-state index contributed by atoms with van der Waals surface area (Å²) in [5, 5.41) is 11.7. The topological polar surface area (TPSA) is 107 Å². The van der Waals surface area contributed by atoms with Crippen molar-refractivity contribution in [3.63, 3.8) is 0 Å². The molecule has 0 unspecified atom stereocenters. The van der Waals surface area contributed by atoms with Crippen molar-refractivity contribution in [1.82, 2.24) is 20.4 Å². The monoisotopic (exact) mass is 341 g/mol. The number of aromatic amines is 1. The van der Waals surface area contributed by atoms with Gasteiger partial charge < -0.3 is 15.5 Å². The molecule has 1 aliphatic heterocycles. The summed E-state index contributed by atoms with van der Waals surface area (Å²) in [6.07, 6.45) is 1.33. The number of hydrogen-bond donors (Lipinski definition) is 3. The minimum Gasteiger partial charge on any atom is -0.348 e. The van der Waals surface area contributed by atoms with Gasteiger partial charge in [0.05, 0.1) is 0 Å². The molecule has 130 valence electrons. The van der Waals surface area contributed by atoms with Gasteiger partial charge in [0.15, 0.2) is 0 Å². The Bertz CT molecular complexity index is 777. The van der Waals surface area contributed by atoms with Crippen LogP contribution in [0.1, 0.15) is 23.3 Å². The number of amides is 3. The maximum Gasteiger partial charge on any atom is 0.321 e. The third kappa shape index (κ3) is 4.43. The first-order chi connectivity index (χ1) is 12.1. The SMILES string of the molecule is O=C(NC1CCN(C(=O)Nc2ccccc2)CC1)c1ccc(=O)[nH]n1. The zero-order chi connectivity index (χ0) is 17.6. The van der Waals surface area contributed by atoms with E-state index in [0.29, 0.717) is 25.9 Å². The van der Waals surface area contributed by atoms with Crippen LogP contribution in [0.25, 0.3) is 0 Å². The summed E-state index contributed by atoms with van der Waals surface area (Å²) in [5.41, 5.74) is 0.574. The smallest absolute Gasteiger partial charge is 0.321 e. The number of likely N-dealkylation sites (tertiary alicyclic amines) is 1. The number of anilines is 1. The molecule has 1 saturated heterocycles. The van der Waals surface area contributed by atoms with Gasteiger partial charge in [0.25, 0.3) is 11.5 Å². The van der Waals surface area contributed by atoms with Crippen molar-refractivity contribution in [2.24, 2.45) is 0 Å². The number of nitrogens with one attached hydrogen (secondary N) is 3. The highest BCUT2D eigenvalue weighted by Gasteiger charge is 2.24. The summed E-state index contributed by atoms with van der Waals surface area (Å²) in [6, 6.07) is 11.8. The quantitative estimate of drug-likeness (QED) is 0.779. The molecule has 0 bridgehead atoms.